The SMILES string of the molecule is CN(C)c1ccc(/C=C/C(=O)Nc2ccc3c(c2)OCO3)c(OC2CC2)c1. The summed E-state index contributed by atoms with van der Waals surface area (Å²) in [5, 5.41) is 2.83. The van der Waals surface area contributed by atoms with Gasteiger partial charge in [-0.2, -0.15) is 0 Å². The number of anilines is 2. The third-order valence-corrected chi connectivity index (χ3v) is 4.39. The van der Waals surface area contributed by atoms with Crippen LogP contribution in [0, 0.1) is 0 Å². The Balaban J connectivity index is 1.47. The van der Waals surface area contributed by atoms with Crippen molar-refractivity contribution in [3.05, 3.63) is 48.0 Å². The van der Waals surface area contributed by atoms with Crippen LogP contribution in [-0.2, 0) is 4.79 Å². The first-order valence-corrected chi connectivity index (χ1v) is 8.95. The molecule has 2 aromatic carbocycles. The van der Waals surface area contributed by atoms with Crippen molar-refractivity contribution < 1.29 is 19.0 Å². The Morgan fingerprint density at radius 3 is 2.74 bits per heavy atom. The van der Waals surface area contributed by atoms with E-state index >= 15 is 0 Å². The third-order valence-electron chi connectivity index (χ3n) is 4.39. The lowest BCUT2D eigenvalue weighted by Gasteiger charge is -2.16. The Morgan fingerprint density at radius 1 is 1.15 bits per heavy atom. The maximum Gasteiger partial charge on any atom is 0.248 e. The molecule has 0 bridgehead atoms. The van der Waals surface area contributed by atoms with Crippen LogP contribution in [0.5, 0.6) is 17.2 Å². The van der Waals surface area contributed by atoms with Crippen LogP contribution in [0.4, 0.5) is 11.4 Å². The monoisotopic (exact) mass is 366 g/mol. The van der Waals surface area contributed by atoms with Gasteiger partial charge in [0.1, 0.15) is 5.75 Å². The average molecular weight is 366 g/mol. The summed E-state index contributed by atoms with van der Waals surface area (Å²) in [4.78, 5) is 14.3. The van der Waals surface area contributed by atoms with Crippen molar-refractivity contribution in [3.63, 3.8) is 0 Å². The molecule has 0 unspecified atom stereocenters. The van der Waals surface area contributed by atoms with Gasteiger partial charge in [0, 0.05) is 49.2 Å². The summed E-state index contributed by atoms with van der Waals surface area (Å²) in [6.45, 7) is 0.208. The van der Waals surface area contributed by atoms with Crippen LogP contribution in [0.15, 0.2) is 42.5 Å². The van der Waals surface area contributed by atoms with Crippen LogP contribution >= 0.6 is 0 Å². The van der Waals surface area contributed by atoms with Gasteiger partial charge in [-0.3, -0.25) is 4.79 Å². The van der Waals surface area contributed by atoms with Gasteiger partial charge >= 0.3 is 0 Å². The molecule has 1 aliphatic heterocycles. The Hall–Kier alpha value is -3.15. The van der Waals surface area contributed by atoms with Crippen LogP contribution in [0.3, 0.4) is 0 Å². The largest absolute Gasteiger partial charge is 0.490 e. The molecule has 2 aromatic rings. The van der Waals surface area contributed by atoms with Gasteiger partial charge in [0.25, 0.3) is 0 Å². The highest BCUT2D eigenvalue weighted by Gasteiger charge is 2.24. The zero-order chi connectivity index (χ0) is 18.8. The van der Waals surface area contributed by atoms with E-state index in [9.17, 15) is 4.79 Å². The fourth-order valence-electron chi connectivity index (χ4n) is 2.73. The van der Waals surface area contributed by atoms with E-state index in [1.807, 2.05) is 37.2 Å². The van der Waals surface area contributed by atoms with Crippen molar-refractivity contribution >= 4 is 23.4 Å². The van der Waals surface area contributed by atoms with Gasteiger partial charge in [0.15, 0.2) is 11.5 Å². The van der Waals surface area contributed by atoms with Gasteiger partial charge in [-0.05, 0) is 43.2 Å². The lowest BCUT2D eigenvalue weighted by molar-refractivity contribution is -0.111. The zero-order valence-corrected chi connectivity index (χ0v) is 15.4. The lowest BCUT2D eigenvalue weighted by Crippen LogP contribution is -2.09. The molecular formula is C21H22N2O4. The molecule has 27 heavy (non-hydrogen) atoms. The Labute approximate surface area is 158 Å². The summed E-state index contributed by atoms with van der Waals surface area (Å²) in [7, 11) is 3.98. The van der Waals surface area contributed by atoms with Crippen molar-refractivity contribution in [1.82, 2.24) is 0 Å². The summed E-state index contributed by atoms with van der Waals surface area (Å²) in [6.07, 6.45) is 5.74. The number of amides is 1. The van der Waals surface area contributed by atoms with E-state index in [1.165, 1.54) is 6.08 Å². The second-order valence-corrected chi connectivity index (χ2v) is 6.82. The molecule has 2 aliphatic rings. The lowest BCUT2D eigenvalue weighted by atomic mass is 10.1. The van der Waals surface area contributed by atoms with E-state index in [0.29, 0.717) is 17.2 Å². The molecule has 1 N–H and O–H groups in total. The van der Waals surface area contributed by atoms with E-state index in [1.54, 1.807) is 24.3 Å². The minimum atomic E-state index is -0.220. The van der Waals surface area contributed by atoms with Gasteiger partial charge in [0.05, 0.1) is 6.10 Å². The quantitative estimate of drug-likeness (QED) is 0.791. The average Bonchev–Trinajstić information content (AvgIpc) is 3.34. The van der Waals surface area contributed by atoms with E-state index in [0.717, 1.165) is 29.8 Å². The molecule has 1 saturated carbocycles. The Kier molecular flexibility index (Phi) is 4.62. The molecular weight excluding hydrogens is 344 g/mol. The number of hydrogen-bond donors (Lipinski definition) is 1. The van der Waals surface area contributed by atoms with Gasteiger partial charge < -0.3 is 24.4 Å². The van der Waals surface area contributed by atoms with Crippen LogP contribution in [-0.4, -0.2) is 32.9 Å². The van der Waals surface area contributed by atoms with E-state index < -0.39 is 0 Å². The van der Waals surface area contributed by atoms with Crippen molar-refractivity contribution in [2.45, 2.75) is 18.9 Å². The molecule has 4 rings (SSSR count). The van der Waals surface area contributed by atoms with Gasteiger partial charge in [-0.25, -0.2) is 0 Å². The maximum atomic E-state index is 12.3. The molecule has 1 aliphatic carbocycles. The van der Waals surface area contributed by atoms with Crippen molar-refractivity contribution in [2.24, 2.45) is 0 Å². The minimum absolute atomic E-state index is 0.208. The summed E-state index contributed by atoms with van der Waals surface area (Å²) < 4.78 is 16.6. The van der Waals surface area contributed by atoms with Crippen molar-refractivity contribution in [1.29, 1.82) is 0 Å². The molecule has 0 saturated heterocycles. The number of fused-ring (bicyclic) bond motifs is 1. The van der Waals surface area contributed by atoms with E-state index in [2.05, 4.69) is 5.32 Å². The highest BCUT2D eigenvalue weighted by atomic mass is 16.7. The first-order chi connectivity index (χ1) is 13.1. The Morgan fingerprint density at radius 2 is 1.96 bits per heavy atom. The Bertz CT molecular complexity index is 888. The zero-order valence-electron chi connectivity index (χ0n) is 15.4. The number of hydrogen-bond acceptors (Lipinski definition) is 5. The number of nitrogens with zero attached hydrogens (tertiary/aromatic N) is 1. The first kappa shape index (κ1) is 17.3. The summed E-state index contributed by atoms with van der Waals surface area (Å²) in [5.41, 5.74) is 2.60. The summed E-state index contributed by atoms with van der Waals surface area (Å²) in [6, 6.07) is 11.3. The number of benzene rings is 2. The molecule has 1 fully saturated rings. The van der Waals surface area contributed by atoms with E-state index in [4.69, 9.17) is 14.2 Å². The normalized spacial score (nSPS) is 15.0. The number of carbonyl (C=O) groups excluding carboxylic acids is 1. The van der Waals surface area contributed by atoms with Gasteiger partial charge in [0.2, 0.25) is 12.7 Å². The number of carbonyl (C=O) groups is 1. The van der Waals surface area contributed by atoms with Gasteiger partial charge in [-0.15, -0.1) is 0 Å². The van der Waals surface area contributed by atoms with Crippen LogP contribution in [0.2, 0.25) is 0 Å². The molecule has 6 heteroatoms. The molecule has 6 nitrogen and oxygen atoms in total. The maximum absolute atomic E-state index is 12.3. The smallest absolute Gasteiger partial charge is 0.248 e. The summed E-state index contributed by atoms with van der Waals surface area (Å²) in [5.74, 6) is 1.90. The molecule has 0 radical (unpaired) electrons. The standard InChI is InChI=1S/C21H22N2O4/c1-23(2)16-6-3-14(19(12-16)27-17-7-8-17)4-10-21(24)22-15-5-9-18-20(11-15)26-13-25-18/h3-6,9-12,17H,7-8,13H2,1-2H3,(H,22,24)/b10-4+. The fourth-order valence-corrected chi connectivity index (χ4v) is 2.73. The third kappa shape index (κ3) is 4.16. The van der Waals surface area contributed by atoms with Crippen LogP contribution in [0.1, 0.15) is 18.4 Å². The topological polar surface area (TPSA) is 60.0 Å². The molecule has 140 valence electrons. The second kappa shape index (κ2) is 7.23. The molecule has 0 atom stereocenters. The van der Waals surface area contributed by atoms with Crippen LogP contribution < -0.4 is 24.4 Å². The number of rotatable bonds is 6. The minimum Gasteiger partial charge on any atom is -0.490 e. The second-order valence-electron chi connectivity index (χ2n) is 6.82. The molecule has 0 aromatic heterocycles. The van der Waals surface area contributed by atoms with Gasteiger partial charge in [-0.1, -0.05) is 0 Å². The van der Waals surface area contributed by atoms with E-state index in [-0.39, 0.29) is 18.8 Å². The predicted molar refractivity (Wildman–Crippen MR) is 105 cm³/mol. The fraction of sp³-hybridized carbons (Fsp3) is 0.286. The molecule has 1 amide bonds. The highest BCUT2D eigenvalue weighted by Crippen LogP contribution is 2.34. The molecule has 1 heterocycles. The van der Waals surface area contributed by atoms with Crippen molar-refractivity contribution in [3.8, 4) is 17.2 Å². The predicted octanol–water partition coefficient (Wildman–Crippen LogP) is 3.67. The first-order valence-electron chi connectivity index (χ1n) is 8.95. The molecule has 0 spiro atoms. The van der Waals surface area contributed by atoms with Crippen LogP contribution in [0.25, 0.3) is 6.08 Å². The number of nitrogens with one attached hydrogen (secondary N) is 1. The summed E-state index contributed by atoms with van der Waals surface area (Å²) >= 11 is 0. The highest BCUT2D eigenvalue weighted by molar-refractivity contribution is 6.02. The van der Waals surface area contributed by atoms with Crippen molar-refractivity contribution in [2.75, 3.05) is 31.1 Å². The number of ether oxygens (including phenoxy) is 3.